The minimum Gasteiger partial charge on any atom is -0.382 e. The zero-order valence-corrected chi connectivity index (χ0v) is 18.6. The molecular weight excluding hydrogens is 411 g/mol. The second kappa shape index (κ2) is 13.4. The third kappa shape index (κ3) is 8.60. The van der Waals surface area contributed by atoms with Crippen LogP contribution in [0.2, 0.25) is 10.0 Å². The Labute approximate surface area is 182 Å². The number of aryl methyl sites for hydroxylation is 1. The highest BCUT2D eigenvalue weighted by Gasteiger charge is 2.05. The van der Waals surface area contributed by atoms with E-state index in [-0.39, 0.29) is 0 Å². The van der Waals surface area contributed by atoms with Crippen molar-refractivity contribution in [1.29, 1.82) is 0 Å². The minimum absolute atomic E-state index is 0.644. The lowest BCUT2D eigenvalue weighted by Gasteiger charge is -2.14. The van der Waals surface area contributed by atoms with E-state index in [2.05, 4.69) is 32.7 Å². The van der Waals surface area contributed by atoms with Crippen LogP contribution in [0.3, 0.4) is 0 Å². The summed E-state index contributed by atoms with van der Waals surface area (Å²) in [5, 5.41) is 16.2. The van der Waals surface area contributed by atoms with Gasteiger partial charge in [0.1, 0.15) is 12.2 Å². The highest BCUT2D eigenvalue weighted by molar-refractivity contribution is 6.35. The quantitative estimate of drug-likeness (QED) is 0.300. The van der Waals surface area contributed by atoms with Crippen molar-refractivity contribution in [2.24, 2.45) is 4.99 Å². The summed E-state index contributed by atoms with van der Waals surface area (Å²) >= 11 is 12.2. The summed E-state index contributed by atoms with van der Waals surface area (Å²) in [6.07, 6.45) is 4.28. The molecule has 0 bridgehead atoms. The van der Waals surface area contributed by atoms with Gasteiger partial charge < -0.3 is 19.9 Å². The second-order valence-corrected chi connectivity index (χ2v) is 7.26. The standard InChI is InChI=1S/C20H30Cl2N6O/c1-3-19-27-26-15-28(19)12-11-25-20(23-9-5-13-29-4-2)24-10-8-16-6-7-17(21)14-18(16)22/h6-7,14-15H,3-5,8-13H2,1-2H3,(H2,23,24,25). The molecule has 160 valence electrons. The zero-order chi connectivity index (χ0) is 20.9. The van der Waals surface area contributed by atoms with E-state index in [1.807, 2.05) is 23.6 Å². The molecule has 29 heavy (non-hydrogen) atoms. The van der Waals surface area contributed by atoms with Crippen molar-refractivity contribution in [2.45, 2.75) is 39.7 Å². The Morgan fingerprint density at radius 2 is 2.03 bits per heavy atom. The molecule has 2 aromatic rings. The Hall–Kier alpha value is -1.83. The number of guanidine groups is 1. The summed E-state index contributed by atoms with van der Waals surface area (Å²) in [6, 6.07) is 5.58. The van der Waals surface area contributed by atoms with Crippen LogP contribution >= 0.6 is 23.2 Å². The van der Waals surface area contributed by atoms with Crippen LogP contribution in [0.4, 0.5) is 0 Å². The predicted molar refractivity (Wildman–Crippen MR) is 119 cm³/mol. The maximum absolute atomic E-state index is 6.26. The van der Waals surface area contributed by atoms with Gasteiger partial charge in [-0.1, -0.05) is 36.2 Å². The molecule has 1 heterocycles. The lowest BCUT2D eigenvalue weighted by Crippen LogP contribution is -2.40. The normalized spacial score (nSPS) is 11.7. The maximum atomic E-state index is 6.26. The average molecular weight is 441 g/mol. The highest BCUT2D eigenvalue weighted by Crippen LogP contribution is 2.20. The summed E-state index contributed by atoms with van der Waals surface area (Å²) in [5.41, 5.74) is 1.05. The summed E-state index contributed by atoms with van der Waals surface area (Å²) in [7, 11) is 0. The van der Waals surface area contributed by atoms with Gasteiger partial charge in [-0.25, -0.2) is 0 Å². The fourth-order valence-corrected chi connectivity index (χ4v) is 3.25. The molecule has 0 saturated carbocycles. The first-order valence-electron chi connectivity index (χ1n) is 10.0. The van der Waals surface area contributed by atoms with Crippen LogP contribution < -0.4 is 10.6 Å². The molecular formula is C20H30Cl2N6O. The van der Waals surface area contributed by atoms with Gasteiger partial charge in [0.2, 0.25) is 0 Å². The SMILES string of the molecule is CCOCCCN=C(NCCc1ccc(Cl)cc1Cl)NCCn1cnnc1CC. The number of ether oxygens (including phenoxy) is 1. The molecule has 0 spiro atoms. The Kier molecular flexibility index (Phi) is 10.8. The molecule has 2 N–H and O–H groups in total. The molecule has 0 saturated heterocycles. The Balaban J connectivity index is 1.85. The molecule has 0 amide bonds. The van der Waals surface area contributed by atoms with Crippen molar-refractivity contribution in [2.75, 3.05) is 32.8 Å². The van der Waals surface area contributed by atoms with Gasteiger partial charge in [0.15, 0.2) is 5.96 Å². The van der Waals surface area contributed by atoms with Crippen LogP contribution in [-0.2, 0) is 24.1 Å². The number of aromatic nitrogens is 3. The number of halogens is 2. The summed E-state index contributed by atoms with van der Waals surface area (Å²) < 4.78 is 7.43. The van der Waals surface area contributed by atoms with E-state index in [0.717, 1.165) is 56.3 Å². The molecule has 1 aromatic heterocycles. The van der Waals surface area contributed by atoms with Gasteiger partial charge in [0.05, 0.1) is 0 Å². The number of nitrogens with zero attached hydrogens (tertiary/aromatic N) is 4. The van der Waals surface area contributed by atoms with E-state index in [1.54, 1.807) is 12.4 Å². The van der Waals surface area contributed by atoms with Gasteiger partial charge in [-0.05, 0) is 37.5 Å². The van der Waals surface area contributed by atoms with E-state index in [1.165, 1.54) is 0 Å². The first-order chi connectivity index (χ1) is 14.1. The molecule has 7 nitrogen and oxygen atoms in total. The van der Waals surface area contributed by atoms with Crippen molar-refractivity contribution in [3.05, 3.63) is 46.0 Å². The molecule has 9 heteroatoms. The van der Waals surface area contributed by atoms with Gasteiger partial charge in [-0.15, -0.1) is 10.2 Å². The van der Waals surface area contributed by atoms with Crippen LogP contribution in [-0.4, -0.2) is 53.6 Å². The molecule has 0 aliphatic heterocycles. The van der Waals surface area contributed by atoms with Crippen LogP contribution in [0, 0.1) is 0 Å². The fraction of sp³-hybridized carbons (Fsp3) is 0.550. The first kappa shape index (κ1) is 23.4. The number of rotatable bonds is 12. The average Bonchev–Trinajstić information content (AvgIpc) is 3.16. The minimum atomic E-state index is 0.644. The monoisotopic (exact) mass is 440 g/mol. The van der Waals surface area contributed by atoms with Gasteiger partial charge >= 0.3 is 0 Å². The van der Waals surface area contributed by atoms with Crippen LogP contribution in [0.1, 0.15) is 31.7 Å². The molecule has 0 fully saturated rings. The molecule has 1 aromatic carbocycles. The van der Waals surface area contributed by atoms with Crippen molar-refractivity contribution in [3.8, 4) is 0 Å². The Bertz CT molecular complexity index is 765. The fourth-order valence-electron chi connectivity index (χ4n) is 2.75. The van der Waals surface area contributed by atoms with Crippen molar-refractivity contribution in [3.63, 3.8) is 0 Å². The van der Waals surface area contributed by atoms with E-state index in [4.69, 9.17) is 27.9 Å². The van der Waals surface area contributed by atoms with Gasteiger partial charge in [0, 0.05) is 55.9 Å². The third-order valence-electron chi connectivity index (χ3n) is 4.28. The van der Waals surface area contributed by atoms with Crippen LogP contribution in [0.25, 0.3) is 0 Å². The number of aliphatic imine (C=N–C) groups is 1. The summed E-state index contributed by atoms with van der Waals surface area (Å²) in [6.45, 7) is 8.43. The first-order valence-corrected chi connectivity index (χ1v) is 10.8. The number of nitrogens with one attached hydrogen (secondary N) is 2. The van der Waals surface area contributed by atoms with E-state index in [0.29, 0.717) is 29.7 Å². The molecule has 0 unspecified atom stereocenters. The molecule has 0 aliphatic carbocycles. The molecule has 0 radical (unpaired) electrons. The van der Waals surface area contributed by atoms with Crippen molar-refractivity contribution < 1.29 is 4.74 Å². The van der Waals surface area contributed by atoms with Crippen molar-refractivity contribution >= 4 is 29.2 Å². The predicted octanol–water partition coefficient (Wildman–Crippen LogP) is 3.35. The number of benzene rings is 1. The Morgan fingerprint density at radius 1 is 1.21 bits per heavy atom. The molecule has 0 aliphatic rings. The molecule has 0 atom stereocenters. The largest absolute Gasteiger partial charge is 0.382 e. The highest BCUT2D eigenvalue weighted by atomic mass is 35.5. The van der Waals surface area contributed by atoms with E-state index >= 15 is 0 Å². The smallest absolute Gasteiger partial charge is 0.191 e. The lowest BCUT2D eigenvalue weighted by molar-refractivity contribution is 0.146. The van der Waals surface area contributed by atoms with Crippen LogP contribution in [0.15, 0.2) is 29.5 Å². The van der Waals surface area contributed by atoms with E-state index < -0.39 is 0 Å². The zero-order valence-electron chi connectivity index (χ0n) is 17.1. The molecule has 2 rings (SSSR count). The summed E-state index contributed by atoms with van der Waals surface area (Å²) in [5.74, 6) is 1.75. The topological polar surface area (TPSA) is 76.4 Å². The number of hydrogen-bond donors (Lipinski definition) is 2. The van der Waals surface area contributed by atoms with Crippen LogP contribution in [0.5, 0.6) is 0 Å². The van der Waals surface area contributed by atoms with Gasteiger partial charge in [-0.2, -0.15) is 0 Å². The maximum Gasteiger partial charge on any atom is 0.191 e. The second-order valence-electron chi connectivity index (χ2n) is 6.41. The summed E-state index contributed by atoms with van der Waals surface area (Å²) in [4.78, 5) is 4.64. The lowest BCUT2D eigenvalue weighted by atomic mass is 10.1. The number of hydrogen-bond acceptors (Lipinski definition) is 4. The van der Waals surface area contributed by atoms with Crippen molar-refractivity contribution in [1.82, 2.24) is 25.4 Å². The van der Waals surface area contributed by atoms with Gasteiger partial charge in [0.25, 0.3) is 0 Å². The van der Waals surface area contributed by atoms with E-state index in [9.17, 15) is 0 Å². The third-order valence-corrected chi connectivity index (χ3v) is 4.87. The Morgan fingerprint density at radius 3 is 2.79 bits per heavy atom. The van der Waals surface area contributed by atoms with Gasteiger partial charge in [-0.3, -0.25) is 4.99 Å².